The van der Waals surface area contributed by atoms with Gasteiger partial charge >= 0.3 is 0 Å². The first-order valence-corrected chi connectivity index (χ1v) is 6.88. The summed E-state index contributed by atoms with van der Waals surface area (Å²) in [4.78, 5) is 3.92. The summed E-state index contributed by atoms with van der Waals surface area (Å²) in [6, 6.07) is 1.79. The highest BCUT2D eigenvalue weighted by atomic mass is 35.5. The maximum atomic E-state index is 10.5. The smallest absolute Gasteiger partial charge is 0.0909 e. The summed E-state index contributed by atoms with van der Waals surface area (Å²) >= 11 is 6.02. The van der Waals surface area contributed by atoms with Crippen LogP contribution in [0.25, 0.3) is 0 Å². The number of nitrogens with zero attached hydrogens (tertiary/aromatic N) is 1. The van der Waals surface area contributed by atoms with Gasteiger partial charge < -0.3 is 10.2 Å². The Morgan fingerprint density at radius 1 is 1.50 bits per heavy atom. The summed E-state index contributed by atoms with van der Waals surface area (Å²) in [7, 11) is 0. The second-order valence-corrected chi connectivity index (χ2v) is 5.88. The van der Waals surface area contributed by atoms with Gasteiger partial charge in [0.25, 0.3) is 0 Å². The fourth-order valence-corrected chi connectivity index (χ4v) is 2.76. The largest absolute Gasteiger partial charge is 0.390 e. The van der Waals surface area contributed by atoms with Crippen molar-refractivity contribution in [3.8, 4) is 0 Å². The molecule has 1 aromatic heterocycles. The zero-order valence-corrected chi connectivity index (χ0v) is 11.4. The van der Waals surface area contributed by atoms with Gasteiger partial charge in [0, 0.05) is 18.8 Å². The van der Waals surface area contributed by atoms with E-state index in [9.17, 15) is 10.2 Å². The Kier molecular flexibility index (Phi) is 4.25. The quantitative estimate of drug-likeness (QED) is 0.887. The number of hydrogen-bond donors (Lipinski definition) is 2. The third kappa shape index (κ3) is 3.02. The predicted octanol–water partition coefficient (Wildman–Crippen LogP) is 2.58. The lowest BCUT2D eigenvalue weighted by Gasteiger charge is -2.38. The monoisotopic (exact) mass is 269 g/mol. The molecule has 1 aliphatic carbocycles. The van der Waals surface area contributed by atoms with E-state index in [-0.39, 0.29) is 0 Å². The molecule has 1 unspecified atom stereocenters. The van der Waals surface area contributed by atoms with Crippen LogP contribution in [0.4, 0.5) is 0 Å². The normalized spacial score (nSPS) is 30.1. The Hall–Kier alpha value is -0.640. The second kappa shape index (κ2) is 5.55. The van der Waals surface area contributed by atoms with Crippen molar-refractivity contribution >= 4 is 11.6 Å². The van der Waals surface area contributed by atoms with Crippen LogP contribution in [0.15, 0.2) is 18.5 Å². The van der Waals surface area contributed by atoms with E-state index in [1.807, 2.05) is 0 Å². The van der Waals surface area contributed by atoms with E-state index < -0.39 is 11.7 Å². The molecule has 100 valence electrons. The highest BCUT2D eigenvalue weighted by molar-refractivity contribution is 6.31. The number of pyridine rings is 1. The van der Waals surface area contributed by atoms with Crippen LogP contribution < -0.4 is 0 Å². The van der Waals surface area contributed by atoms with Gasteiger partial charge in [-0.1, -0.05) is 18.5 Å². The van der Waals surface area contributed by atoms with E-state index in [4.69, 9.17) is 11.6 Å². The molecule has 1 heterocycles. The standard InChI is InChI=1S/C14H20ClNO2/c1-10-2-5-14(18,6-3-10)13(17)8-11-4-7-16-9-12(11)15/h4,7,9-10,13,17-18H,2-3,5-6,8H2,1H3. The molecule has 0 aliphatic heterocycles. The minimum Gasteiger partial charge on any atom is -0.390 e. The van der Waals surface area contributed by atoms with Crippen molar-refractivity contribution in [1.29, 1.82) is 0 Å². The summed E-state index contributed by atoms with van der Waals surface area (Å²) in [6.07, 6.45) is 6.11. The van der Waals surface area contributed by atoms with Crippen LogP contribution in [0.1, 0.15) is 38.2 Å². The Balaban J connectivity index is 2.03. The van der Waals surface area contributed by atoms with Gasteiger partial charge in [0.2, 0.25) is 0 Å². The molecular formula is C14H20ClNO2. The molecule has 0 bridgehead atoms. The van der Waals surface area contributed by atoms with Crippen molar-refractivity contribution in [1.82, 2.24) is 4.98 Å². The molecule has 1 atom stereocenters. The number of aromatic nitrogens is 1. The van der Waals surface area contributed by atoms with Crippen LogP contribution in [-0.2, 0) is 6.42 Å². The van der Waals surface area contributed by atoms with E-state index in [0.717, 1.165) is 18.4 Å². The van der Waals surface area contributed by atoms with Crippen molar-refractivity contribution < 1.29 is 10.2 Å². The SMILES string of the molecule is CC1CCC(O)(C(O)Cc2ccncc2Cl)CC1. The molecular weight excluding hydrogens is 250 g/mol. The Labute approximate surface area is 113 Å². The molecule has 0 saturated heterocycles. The van der Waals surface area contributed by atoms with Crippen molar-refractivity contribution in [2.45, 2.75) is 50.7 Å². The van der Waals surface area contributed by atoms with E-state index in [0.29, 0.717) is 30.2 Å². The summed E-state index contributed by atoms with van der Waals surface area (Å²) in [5.41, 5.74) is -0.120. The van der Waals surface area contributed by atoms with Gasteiger partial charge in [-0.15, -0.1) is 0 Å². The molecule has 1 fully saturated rings. The maximum Gasteiger partial charge on any atom is 0.0909 e. The fourth-order valence-electron chi connectivity index (χ4n) is 2.56. The molecule has 0 radical (unpaired) electrons. The van der Waals surface area contributed by atoms with E-state index in [2.05, 4.69) is 11.9 Å². The Morgan fingerprint density at radius 2 is 2.17 bits per heavy atom. The summed E-state index contributed by atoms with van der Waals surface area (Å²) in [5.74, 6) is 0.641. The van der Waals surface area contributed by atoms with Gasteiger partial charge in [0.15, 0.2) is 0 Å². The van der Waals surface area contributed by atoms with Crippen molar-refractivity contribution in [2.75, 3.05) is 0 Å². The third-order valence-corrected chi connectivity index (χ3v) is 4.37. The van der Waals surface area contributed by atoms with Crippen molar-refractivity contribution in [3.63, 3.8) is 0 Å². The van der Waals surface area contributed by atoms with Gasteiger partial charge in [-0.05, 0) is 43.2 Å². The lowest BCUT2D eigenvalue weighted by Crippen LogP contribution is -2.46. The molecule has 3 nitrogen and oxygen atoms in total. The molecule has 18 heavy (non-hydrogen) atoms. The number of aliphatic hydroxyl groups is 2. The molecule has 0 spiro atoms. The van der Waals surface area contributed by atoms with Crippen molar-refractivity contribution in [2.24, 2.45) is 5.92 Å². The predicted molar refractivity (Wildman–Crippen MR) is 71.5 cm³/mol. The van der Waals surface area contributed by atoms with Gasteiger partial charge in [0.1, 0.15) is 0 Å². The zero-order chi connectivity index (χ0) is 13.2. The maximum absolute atomic E-state index is 10.5. The second-order valence-electron chi connectivity index (χ2n) is 5.47. The summed E-state index contributed by atoms with van der Waals surface area (Å²) < 4.78 is 0. The van der Waals surface area contributed by atoms with Crippen LogP contribution in [0, 0.1) is 5.92 Å². The molecule has 0 aromatic carbocycles. The van der Waals surface area contributed by atoms with Gasteiger partial charge in [-0.2, -0.15) is 0 Å². The zero-order valence-electron chi connectivity index (χ0n) is 10.6. The van der Waals surface area contributed by atoms with E-state index in [1.165, 1.54) is 0 Å². The van der Waals surface area contributed by atoms with E-state index in [1.54, 1.807) is 18.5 Å². The number of halogens is 1. The molecule has 2 N–H and O–H groups in total. The molecule has 1 aliphatic rings. The van der Waals surface area contributed by atoms with Gasteiger partial charge in [-0.3, -0.25) is 4.98 Å². The van der Waals surface area contributed by atoms with E-state index >= 15 is 0 Å². The third-order valence-electron chi connectivity index (χ3n) is 4.03. The van der Waals surface area contributed by atoms with Crippen LogP contribution in [-0.4, -0.2) is 26.9 Å². The topological polar surface area (TPSA) is 53.4 Å². The summed E-state index contributed by atoms with van der Waals surface area (Å²) in [6.45, 7) is 2.19. The first-order valence-electron chi connectivity index (χ1n) is 6.50. The highest BCUT2D eigenvalue weighted by Gasteiger charge is 2.38. The van der Waals surface area contributed by atoms with Gasteiger partial charge in [-0.25, -0.2) is 0 Å². The molecule has 1 aromatic rings. The van der Waals surface area contributed by atoms with Crippen LogP contribution in [0.5, 0.6) is 0 Å². The average Bonchev–Trinajstić information content (AvgIpc) is 2.36. The minimum absolute atomic E-state index is 0.381. The number of aliphatic hydroxyl groups excluding tert-OH is 1. The Morgan fingerprint density at radius 3 is 2.78 bits per heavy atom. The number of hydrogen-bond acceptors (Lipinski definition) is 3. The summed E-state index contributed by atoms with van der Waals surface area (Å²) in [5, 5.41) is 21.3. The highest BCUT2D eigenvalue weighted by Crippen LogP contribution is 2.35. The average molecular weight is 270 g/mol. The molecule has 2 rings (SSSR count). The first-order chi connectivity index (χ1) is 8.51. The van der Waals surface area contributed by atoms with Crippen LogP contribution in [0.2, 0.25) is 5.02 Å². The Bertz CT molecular complexity index is 403. The fraction of sp³-hybridized carbons (Fsp3) is 0.643. The van der Waals surface area contributed by atoms with Crippen molar-refractivity contribution in [3.05, 3.63) is 29.0 Å². The van der Waals surface area contributed by atoms with Crippen LogP contribution >= 0.6 is 11.6 Å². The lowest BCUT2D eigenvalue weighted by atomic mass is 9.75. The molecule has 0 amide bonds. The molecule has 1 saturated carbocycles. The first kappa shape index (κ1) is 13.8. The molecule has 4 heteroatoms. The van der Waals surface area contributed by atoms with Gasteiger partial charge in [0.05, 0.1) is 16.7 Å². The minimum atomic E-state index is -0.959. The number of rotatable bonds is 3. The lowest BCUT2D eigenvalue weighted by molar-refractivity contribution is -0.102. The van der Waals surface area contributed by atoms with Crippen LogP contribution in [0.3, 0.4) is 0 Å².